The lowest BCUT2D eigenvalue weighted by molar-refractivity contribution is -0.135. The number of hydrogen-bond donors (Lipinski definition) is 2. The van der Waals surface area contributed by atoms with Crippen molar-refractivity contribution in [3.8, 4) is 0 Å². The number of benzene rings is 1. The van der Waals surface area contributed by atoms with Gasteiger partial charge >= 0.3 is 5.97 Å². The van der Waals surface area contributed by atoms with E-state index in [1.54, 1.807) is 6.07 Å². The van der Waals surface area contributed by atoms with Gasteiger partial charge in [0.1, 0.15) is 5.69 Å². The molecule has 0 spiro atoms. The third-order valence-corrected chi connectivity index (χ3v) is 4.46. The van der Waals surface area contributed by atoms with Crippen LogP contribution in [0.3, 0.4) is 0 Å². The fraction of sp³-hybridized carbons (Fsp3) is 0. The van der Waals surface area contributed by atoms with Gasteiger partial charge in [-0.3, -0.25) is 4.79 Å². The molecule has 0 aliphatic carbocycles. The van der Waals surface area contributed by atoms with Crippen molar-refractivity contribution < 1.29 is 28.2 Å². The van der Waals surface area contributed by atoms with Gasteiger partial charge in [-0.2, -0.15) is 0 Å². The second-order valence-electron chi connectivity index (χ2n) is 4.21. The molecule has 0 unspecified atom stereocenters. The predicted octanol–water partition coefficient (Wildman–Crippen LogP) is 1.43. The average Bonchev–Trinajstić information content (AvgIpc) is 2.98. The molecule has 0 aliphatic heterocycles. The van der Waals surface area contributed by atoms with E-state index in [4.69, 9.17) is 10.2 Å². The summed E-state index contributed by atoms with van der Waals surface area (Å²) in [6, 6.07) is 10.0. The Bertz CT molecular complexity index is 848. The topological polar surface area (TPSA) is 114 Å². The van der Waals surface area contributed by atoms with Gasteiger partial charge in [-0.15, -0.1) is 0 Å². The van der Waals surface area contributed by atoms with Gasteiger partial charge in [0.25, 0.3) is 10.0 Å². The summed E-state index contributed by atoms with van der Waals surface area (Å²) in [5.74, 6) is -3.79. The Morgan fingerprint density at radius 3 is 2.23 bits per heavy atom. The zero-order valence-electron chi connectivity index (χ0n) is 11.1. The van der Waals surface area contributed by atoms with Gasteiger partial charge < -0.3 is 10.2 Å². The Labute approximate surface area is 125 Å². The van der Waals surface area contributed by atoms with Crippen LogP contribution >= 0.6 is 0 Å². The van der Waals surface area contributed by atoms with Crippen molar-refractivity contribution in [1.82, 2.24) is 3.97 Å². The minimum absolute atomic E-state index is 0.0216. The zero-order valence-corrected chi connectivity index (χ0v) is 11.9. The van der Waals surface area contributed by atoms with Crippen molar-refractivity contribution in [1.29, 1.82) is 0 Å². The van der Waals surface area contributed by atoms with E-state index in [2.05, 4.69) is 0 Å². The van der Waals surface area contributed by atoms with E-state index in [0.29, 0.717) is 6.08 Å². The van der Waals surface area contributed by atoms with Gasteiger partial charge in [0, 0.05) is 12.3 Å². The molecule has 2 N–H and O–H groups in total. The van der Waals surface area contributed by atoms with Gasteiger partial charge in [-0.05, 0) is 24.3 Å². The van der Waals surface area contributed by atoms with E-state index < -0.39 is 27.5 Å². The van der Waals surface area contributed by atoms with Crippen molar-refractivity contribution >= 4 is 21.8 Å². The normalized spacial score (nSPS) is 12.1. The highest BCUT2D eigenvalue weighted by Crippen LogP contribution is 2.17. The number of aliphatic hydroxyl groups excluding tert-OH is 1. The van der Waals surface area contributed by atoms with Crippen molar-refractivity contribution in [3.05, 3.63) is 66.2 Å². The Hall–Kier alpha value is -2.87. The SMILES string of the molecule is O=C(O)/C(O)=C/C(=O)c1cccn1S(=O)(=O)c1ccccc1. The summed E-state index contributed by atoms with van der Waals surface area (Å²) in [7, 11) is -3.99. The first-order chi connectivity index (χ1) is 10.3. The number of aromatic nitrogens is 1. The third-order valence-electron chi connectivity index (χ3n) is 2.75. The average molecular weight is 321 g/mol. The molecule has 0 atom stereocenters. The molecule has 0 amide bonds. The molecule has 0 saturated heterocycles. The Morgan fingerprint density at radius 2 is 1.64 bits per heavy atom. The van der Waals surface area contributed by atoms with Crippen LogP contribution in [0.2, 0.25) is 0 Å². The molecular weight excluding hydrogens is 310 g/mol. The molecule has 0 fully saturated rings. The Kier molecular flexibility index (Phi) is 4.13. The van der Waals surface area contributed by atoms with Crippen LogP contribution in [0.1, 0.15) is 10.5 Å². The number of hydrogen-bond acceptors (Lipinski definition) is 5. The van der Waals surface area contributed by atoms with Crippen LogP contribution in [-0.2, 0) is 14.8 Å². The molecule has 1 heterocycles. The van der Waals surface area contributed by atoms with E-state index in [1.807, 2.05) is 0 Å². The Balaban J connectivity index is 2.49. The first kappa shape index (κ1) is 15.5. The number of carbonyl (C=O) groups excluding carboxylic acids is 1. The maximum atomic E-state index is 12.5. The molecule has 0 saturated carbocycles. The molecule has 2 rings (SSSR count). The standard InChI is InChI=1S/C14H11NO6S/c16-12(9-13(17)14(18)19)11-7-4-8-15(11)22(20,21)10-5-2-1-3-6-10/h1-9,17H,(H,18,19)/b13-9-. The third kappa shape index (κ3) is 2.91. The molecule has 114 valence electrons. The Morgan fingerprint density at radius 1 is 1.00 bits per heavy atom. The van der Waals surface area contributed by atoms with Crippen molar-refractivity contribution in [2.75, 3.05) is 0 Å². The van der Waals surface area contributed by atoms with Gasteiger partial charge in [-0.25, -0.2) is 17.2 Å². The van der Waals surface area contributed by atoms with Crippen LogP contribution in [0.15, 0.2) is 65.4 Å². The van der Waals surface area contributed by atoms with E-state index in [1.165, 1.54) is 42.6 Å². The number of allylic oxidation sites excluding steroid dienone is 1. The molecule has 1 aromatic heterocycles. The minimum atomic E-state index is -3.99. The molecule has 0 radical (unpaired) electrons. The molecule has 2 aromatic rings. The monoisotopic (exact) mass is 321 g/mol. The molecule has 0 aliphatic rings. The first-order valence-electron chi connectivity index (χ1n) is 6.00. The van der Waals surface area contributed by atoms with Crippen LogP contribution in [-0.4, -0.2) is 34.4 Å². The number of ketones is 1. The number of carboxylic acids is 1. The van der Waals surface area contributed by atoms with Crippen molar-refractivity contribution in [2.24, 2.45) is 0 Å². The van der Waals surface area contributed by atoms with E-state index in [9.17, 15) is 18.0 Å². The summed E-state index contributed by atoms with van der Waals surface area (Å²) in [6.45, 7) is 0. The number of carboxylic acid groups (broad SMARTS) is 1. The minimum Gasteiger partial charge on any atom is -0.502 e. The molecule has 8 heteroatoms. The molecule has 1 aromatic carbocycles. The van der Waals surface area contributed by atoms with Crippen LogP contribution in [0.25, 0.3) is 0 Å². The van der Waals surface area contributed by atoms with Crippen LogP contribution in [0.5, 0.6) is 0 Å². The lowest BCUT2D eigenvalue weighted by atomic mass is 10.2. The summed E-state index contributed by atoms with van der Waals surface area (Å²) < 4.78 is 25.6. The lowest BCUT2D eigenvalue weighted by Gasteiger charge is -2.08. The number of rotatable bonds is 5. The van der Waals surface area contributed by atoms with Crippen molar-refractivity contribution in [2.45, 2.75) is 4.90 Å². The molecular formula is C14H11NO6S. The maximum absolute atomic E-state index is 12.5. The summed E-state index contributed by atoms with van der Waals surface area (Å²) in [5, 5.41) is 17.6. The van der Waals surface area contributed by atoms with E-state index >= 15 is 0 Å². The number of carbonyl (C=O) groups is 2. The predicted molar refractivity (Wildman–Crippen MR) is 76.1 cm³/mol. The lowest BCUT2D eigenvalue weighted by Crippen LogP contribution is -2.17. The quantitative estimate of drug-likeness (QED) is 0.489. The van der Waals surface area contributed by atoms with Gasteiger partial charge in [-0.1, -0.05) is 18.2 Å². The summed E-state index contributed by atoms with van der Waals surface area (Å²) >= 11 is 0. The largest absolute Gasteiger partial charge is 0.502 e. The number of aliphatic carboxylic acids is 1. The van der Waals surface area contributed by atoms with Gasteiger partial charge in [0.15, 0.2) is 0 Å². The van der Waals surface area contributed by atoms with Crippen LogP contribution in [0, 0.1) is 0 Å². The van der Waals surface area contributed by atoms with Crippen LogP contribution in [0.4, 0.5) is 0 Å². The first-order valence-corrected chi connectivity index (χ1v) is 7.44. The summed E-state index contributed by atoms with van der Waals surface area (Å²) in [6.07, 6.45) is 1.62. The highest BCUT2D eigenvalue weighted by Gasteiger charge is 2.22. The second-order valence-corrected chi connectivity index (χ2v) is 6.02. The zero-order chi connectivity index (χ0) is 16.3. The number of nitrogens with zero attached hydrogens (tertiary/aromatic N) is 1. The summed E-state index contributed by atoms with van der Waals surface area (Å²) in [4.78, 5) is 22.4. The van der Waals surface area contributed by atoms with E-state index in [-0.39, 0.29) is 10.6 Å². The van der Waals surface area contributed by atoms with Gasteiger partial charge in [0.05, 0.1) is 4.90 Å². The van der Waals surface area contributed by atoms with E-state index in [0.717, 1.165) is 3.97 Å². The molecule has 0 bridgehead atoms. The number of aliphatic hydroxyl groups is 1. The van der Waals surface area contributed by atoms with Gasteiger partial charge in [0.2, 0.25) is 11.5 Å². The van der Waals surface area contributed by atoms with Crippen LogP contribution < -0.4 is 0 Å². The molecule has 22 heavy (non-hydrogen) atoms. The highest BCUT2D eigenvalue weighted by atomic mass is 32.2. The summed E-state index contributed by atoms with van der Waals surface area (Å²) in [5.41, 5.74) is -0.281. The smallest absolute Gasteiger partial charge is 0.371 e. The molecule has 7 nitrogen and oxygen atoms in total. The fourth-order valence-corrected chi connectivity index (χ4v) is 3.10. The maximum Gasteiger partial charge on any atom is 0.371 e. The second kappa shape index (κ2) is 5.86. The van der Waals surface area contributed by atoms with Crippen molar-refractivity contribution in [3.63, 3.8) is 0 Å². The highest BCUT2D eigenvalue weighted by molar-refractivity contribution is 7.90. The fourth-order valence-electron chi connectivity index (χ4n) is 1.73.